The first-order valence-corrected chi connectivity index (χ1v) is 12.1. The van der Waals surface area contributed by atoms with Crippen LogP contribution < -0.4 is 16.2 Å². The molecule has 1 aliphatic carbocycles. The minimum atomic E-state index is -1.11. The summed E-state index contributed by atoms with van der Waals surface area (Å²) < 4.78 is 18.4. The fourth-order valence-corrected chi connectivity index (χ4v) is 4.35. The minimum absolute atomic E-state index is 0.0560. The smallest absolute Gasteiger partial charge is 0.408 e. The topological polar surface area (TPSA) is 124 Å². The fourth-order valence-electron chi connectivity index (χ4n) is 4.35. The summed E-state index contributed by atoms with van der Waals surface area (Å²) >= 11 is 0. The third-order valence-corrected chi connectivity index (χ3v) is 6.19. The van der Waals surface area contributed by atoms with Gasteiger partial charge in [0.2, 0.25) is 5.91 Å². The lowest BCUT2D eigenvalue weighted by atomic mass is 9.80. The number of nitriles is 1. The van der Waals surface area contributed by atoms with Crippen LogP contribution >= 0.6 is 0 Å². The summed E-state index contributed by atoms with van der Waals surface area (Å²) in [6.45, 7) is 4.42. The standard InChI is InChI=1S/C27H33FN4O4/c1-26(2,3)36-25(35)32-27(11-5-4-6-12-27)24(34)31-22(16-29)13-18-7-9-19(10-8-18)21-14-20(15-28)23(33)30-17-21/h7-10,14,17,22H,4-6,11-13,15H2,1-3H3,(H,30,33)(H,31,34)(H,32,35). The van der Waals surface area contributed by atoms with E-state index in [1.807, 2.05) is 24.3 Å². The van der Waals surface area contributed by atoms with E-state index in [4.69, 9.17) is 4.74 Å². The van der Waals surface area contributed by atoms with E-state index in [2.05, 4.69) is 21.7 Å². The highest BCUT2D eigenvalue weighted by Crippen LogP contribution is 2.29. The molecule has 1 atom stereocenters. The van der Waals surface area contributed by atoms with E-state index in [9.17, 15) is 24.0 Å². The highest BCUT2D eigenvalue weighted by molar-refractivity contribution is 5.90. The molecule has 0 radical (unpaired) electrons. The molecule has 8 nitrogen and oxygen atoms in total. The Kier molecular flexibility index (Phi) is 8.51. The number of nitrogens with one attached hydrogen (secondary N) is 3. The van der Waals surface area contributed by atoms with E-state index in [0.717, 1.165) is 30.4 Å². The van der Waals surface area contributed by atoms with E-state index in [0.29, 0.717) is 18.4 Å². The van der Waals surface area contributed by atoms with Gasteiger partial charge in [-0.1, -0.05) is 43.5 Å². The van der Waals surface area contributed by atoms with Gasteiger partial charge in [-0.2, -0.15) is 5.26 Å². The number of carbonyl (C=O) groups excluding carboxylic acids is 2. The minimum Gasteiger partial charge on any atom is -0.444 e. The predicted molar refractivity (Wildman–Crippen MR) is 134 cm³/mol. The zero-order chi connectivity index (χ0) is 26.3. The number of carbonyl (C=O) groups is 2. The summed E-state index contributed by atoms with van der Waals surface area (Å²) in [4.78, 5) is 39.9. The molecule has 9 heteroatoms. The molecule has 1 heterocycles. The van der Waals surface area contributed by atoms with Crippen LogP contribution in [0.25, 0.3) is 11.1 Å². The van der Waals surface area contributed by atoms with Crippen molar-refractivity contribution in [2.75, 3.05) is 0 Å². The van der Waals surface area contributed by atoms with Crippen molar-refractivity contribution < 1.29 is 18.7 Å². The van der Waals surface area contributed by atoms with Gasteiger partial charge in [0.1, 0.15) is 23.9 Å². The number of rotatable bonds is 7. The zero-order valence-corrected chi connectivity index (χ0v) is 20.9. The first-order chi connectivity index (χ1) is 17.0. The summed E-state index contributed by atoms with van der Waals surface area (Å²) in [5.41, 5.74) is 0.0655. The zero-order valence-electron chi connectivity index (χ0n) is 20.9. The Labute approximate surface area is 210 Å². The second-order valence-corrected chi connectivity index (χ2v) is 10.2. The molecular formula is C27H33FN4O4. The number of H-pyrrole nitrogens is 1. The lowest BCUT2D eigenvalue weighted by Gasteiger charge is -2.37. The molecule has 1 saturated carbocycles. The molecule has 1 aromatic heterocycles. The average Bonchev–Trinajstić information content (AvgIpc) is 2.83. The fraction of sp³-hybridized carbons (Fsp3) is 0.481. The third kappa shape index (κ3) is 6.94. The molecule has 3 N–H and O–H groups in total. The van der Waals surface area contributed by atoms with Crippen LogP contribution in [0.15, 0.2) is 41.3 Å². The predicted octanol–water partition coefficient (Wildman–Crippen LogP) is 4.29. The quantitative estimate of drug-likeness (QED) is 0.528. The Balaban J connectivity index is 1.70. The van der Waals surface area contributed by atoms with E-state index in [1.54, 1.807) is 20.8 Å². The lowest BCUT2D eigenvalue weighted by molar-refractivity contribution is -0.129. The van der Waals surface area contributed by atoms with Crippen LogP contribution in [-0.4, -0.2) is 34.2 Å². The van der Waals surface area contributed by atoms with Crippen LogP contribution in [-0.2, 0) is 22.6 Å². The number of hydrogen-bond donors (Lipinski definition) is 3. The van der Waals surface area contributed by atoms with Crippen LogP contribution in [0.2, 0.25) is 0 Å². The maximum absolute atomic E-state index is 13.3. The highest BCUT2D eigenvalue weighted by Gasteiger charge is 2.42. The van der Waals surface area contributed by atoms with Gasteiger partial charge in [-0.15, -0.1) is 0 Å². The van der Waals surface area contributed by atoms with Crippen molar-refractivity contribution in [1.82, 2.24) is 15.6 Å². The third-order valence-electron chi connectivity index (χ3n) is 6.19. The summed E-state index contributed by atoms with van der Waals surface area (Å²) in [6.07, 6.45) is 4.65. The number of pyridine rings is 1. The van der Waals surface area contributed by atoms with Crippen molar-refractivity contribution in [3.63, 3.8) is 0 Å². The Morgan fingerprint density at radius 1 is 1.17 bits per heavy atom. The SMILES string of the molecule is CC(C)(C)OC(=O)NC1(C(=O)NC(C#N)Cc2ccc(-c3c[nH]c(=O)c(CF)c3)cc2)CCCCC1. The maximum Gasteiger partial charge on any atom is 0.408 e. The van der Waals surface area contributed by atoms with E-state index in [-0.39, 0.29) is 17.9 Å². The number of alkyl halides is 1. The number of benzene rings is 1. The summed E-state index contributed by atoms with van der Waals surface area (Å²) in [5.74, 6) is -0.386. The molecule has 1 fully saturated rings. The lowest BCUT2D eigenvalue weighted by Crippen LogP contribution is -2.61. The van der Waals surface area contributed by atoms with Gasteiger partial charge in [0, 0.05) is 18.2 Å². The number of ether oxygens (including phenoxy) is 1. The first kappa shape index (κ1) is 26.9. The molecule has 1 unspecified atom stereocenters. The van der Waals surface area contributed by atoms with Crippen molar-refractivity contribution in [1.29, 1.82) is 5.26 Å². The molecule has 2 aromatic rings. The van der Waals surface area contributed by atoms with Crippen LogP contribution in [0.5, 0.6) is 0 Å². The molecular weight excluding hydrogens is 463 g/mol. The van der Waals surface area contributed by atoms with Crippen molar-refractivity contribution >= 4 is 12.0 Å². The molecule has 0 spiro atoms. The Bertz CT molecular complexity index is 1170. The summed E-state index contributed by atoms with van der Waals surface area (Å²) in [5, 5.41) is 15.3. The van der Waals surface area contributed by atoms with Crippen LogP contribution in [0.4, 0.5) is 9.18 Å². The largest absolute Gasteiger partial charge is 0.444 e. The molecule has 1 aliphatic rings. The Morgan fingerprint density at radius 3 is 2.42 bits per heavy atom. The molecule has 0 saturated heterocycles. The number of alkyl carbamates (subject to hydrolysis) is 1. The van der Waals surface area contributed by atoms with Crippen LogP contribution in [0, 0.1) is 11.3 Å². The van der Waals surface area contributed by atoms with E-state index in [1.165, 1.54) is 12.3 Å². The van der Waals surface area contributed by atoms with Crippen molar-refractivity contribution in [3.8, 4) is 17.2 Å². The molecule has 0 bridgehead atoms. The molecule has 192 valence electrons. The molecule has 3 rings (SSSR count). The molecule has 1 aromatic carbocycles. The number of aromatic nitrogens is 1. The number of halogens is 1. The average molecular weight is 497 g/mol. The van der Waals surface area contributed by atoms with Gasteiger partial charge in [0.15, 0.2) is 0 Å². The van der Waals surface area contributed by atoms with E-state index >= 15 is 0 Å². The van der Waals surface area contributed by atoms with Crippen molar-refractivity contribution in [2.45, 2.75) is 83.2 Å². The van der Waals surface area contributed by atoms with Gasteiger partial charge in [0.25, 0.3) is 5.56 Å². The molecule has 36 heavy (non-hydrogen) atoms. The normalized spacial score (nSPS) is 15.9. The van der Waals surface area contributed by atoms with Gasteiger partial charge in [-0.3, -0.25) is 9.59 Å². The van der Waals surface area contributed by atoms with Crippen molar-refractivity contribution in [2.24, 2.45) is 0 Å². The van der Waals surface area contributed by atoms with Crippen LogP contribution in [0.3, 0.4) is 0 Å². The van der Waals surface area contributed by atoms with Gasteiger partial charge >= 0.3 is 6.09 Å². The number of nitrogens with zero attached hydrogens (tertiary/aromatic N) is 1. The number of hydrogen-bond acceptors (Lipinski definition) is 5. The summed E-state index contributed by atoms with van der Waals surface area (Å²) in [6, 6.07) is 10.1. The number of amides is 2. The van der Waals surface area contributed by atoms with Crippen molar-refractivity contribution in [3.05, 3.63) is 58.0 Å². The van der Waals surface area contributed by atoms with Crippen LogP contribution in [0.1, 0.15) is 64.0 Å². The van der Waals surface area contributed by atoms with Gasteiger partial charge < -0.3 is 20.4 Å². The Hall–Kier alpha value is -3.67. The molecule has 0 aliphatic heterocycles. The van der Waals surface area contributed by atoms with Gasteiger partial charge in [-0.25, -0.2) is 9.18 Å². The second-order valence-electron chi connectivity index (χ2n) is 10.2. The van der Waals surface area contributed by atoms with Gasteiger partial charge in [-0.05, 0) is 56.4 Å². The summed E-state index contributed by atoms with van der Waals surface area (Å²) in [7, 11) is 0. The van der Waals surface area contributed by atoms with E-state index < -0.39 is 35.5 Å². The first-order valence-electron chi connectivity index (χ1n) is 12.1. The highest BCUT2D eigenvalue weighted by atomic mass is 19.1. The van der Waals surface area contributed by atoms with Gasteiger partial charge in [0.05, 0.1) is 6.07 Å². The number of aromatic amines is 1. The molecule has 2 amide bonds. The monoisotopic (exact) mass is 496 g/mol. The second kappa shape index (κ2) is 11.4. The maximum atomic E-state index is 13.3. The Morgan fingerprint density at radius 2 is 1.83 bits per heavy atom.